The summed E-state index contributed by atoms with van der Waals surface area (Å²) in [5.74, 6) is 0.228. The second-order valence-corrected chi connectivity index (χ2v) is 8.04. The van der Waals surface area contributed by atoms with E-state index < -0.39 is 0 Å². The zero-order valence-electron chi connectivity index (χ0n) is 18.1. The molecule has 0 fully saturated rings. The molecule has 1 aromatic carbocycles. The summed E-state index contributed by atoms with van der Waals surface area (Å²) in [7, 11) is 0. The summed E-state index contributed by atoms with van der Waals surface area (Å²) in [6.45, 7) is 8.10. The Hall–Kier alpha value is -1.84. The number of rotatable bonds is 11. The van der Waals surface area contributed by atoms with Crippen molar-refractivity contribution in [3.63, 3.8) is 0 Å². The Kier molecular flexibility index (Phi) is 9.52. The van der Waals surface area contributed by atoms with Crippen LogP contribution in [-0.2, 0) is 16.0 Å². The van der Waals surface area contributed by atoms with Crippen molar-refractivity contribution in [2.45, 2.75) is 84.6 Å². The van der Waals surface area contributed by atoms with Crippen LogP contribution in [0, 0.1) is 0 Å². The Morgan fingerprint density at radius 2 is 1.75 bits per heavy atom. The van der Waals surface area contributed by atoms with Crippen molar-refractivity contribution in [1.29, 1.82) is 0 Å². The molecule has 0 bridgehead atoms. The highest BCUT2D eigenvalue weighted by Gasteiger charge is 2.29. The topological polar surface area (TPSA) is 40.6 Å². The highest BCUT2D eigenvalue weighted by atomic mass is 16.2. The van der Waals surface area contributed by atoms with Crippen LogP contribution in [0.25, 0.3) is 0 Å². The van der Waals surface area contributed by atoms with E-state index in [0.717, 1.165) is 45.1 Å². The molecule has 0 aromatic heterocycles. The maximum Gasteiger partial charge on any atom is 0.242 e. The monoisotopic (exact) mass is 386 g/mol. The quantitative estimate of drug-likeness (QED) is 0.495. The lowest BCUT2D eigenvalue weighted by Gasteiger charge is -2.36. The molecule has 0 radical (unpaired) electrons. The smallest absolute Gasteiger partial charge is 0.242 e. The van der Waals surface area contributed by atoms with Crippen LogP contribution in [0.4, 0.5) is 0 Å². The third-order valence-corrected chi connectivity index (χ3v) is 5.87. The maximum atomic E-state index is 13.1. The second-order valence-electron chi connectivity index (χ2n) is 8.04. The van der Waals surface area contributed by atoms with Crippen molar-refractivity contribution < 1.29 is 9.59 Å². The number of nitrogens with zero attached hydrogens (tertiary/aromatic N) is 2. The molecule has 0 unspecified atom stereocenters. The van der Waals surface area contributed by atoms with E-state index in [1.54, 1.807) is 0 Å². The highest BCUT2D eigenvalue weighted by molar-refractivity contribution is 5.85. The van der Waals surface area contributed by atoms with Gasteiger partial charge in [0.15, 0.2) is 0 Å². The average Bonchev–Trinajstić information content (AvgIpc) is 2.70. The fraction of sp³-hybridized carbons (Fsp3) is 0.667. The molecule has 28 heavy (non-hydrogen) atoms. The third kappa shape index (κ3) is 6.35. The van der Waals surface area contributed by atoms with Crippen molar-refractivity contribution >= 4 is 11.8 Å². The van der Waals surface area contributed by atoms with E-state index in [-0.39, 0.29) is 24.4 Å². The van der Waals surface area contributed by atoms with Crippen LogP contribution in [0.15, 0.2) is 24.3 Å². The molecule has 4 nitrogen and oxygen atoms in total. The number of amides is 2. The maximum absolute atomic E-state index is 13.1. The normalized spacial score (nSPS) is 16.0. The fourth-order valence-electron chi connectivity index (χ4n) is 4.07. The van der Waals surface area contributed by atoms with E-state index in [0.29, 0.717) is 13.0 Å². The molecular weight excluding hydrogens is 348 g/mol. The number of fused-ring (bicyclic) bond motifs is 1. The van der Waals surface area contributed by atoms with E-state index >= 15 is 0 Å². The standard InChI is InChI=1S/C24H38N2O2/c1-4-6-8-9-15-23(27)25(17-12-7-5-2)19-24(28)26-18-16-21-13-10-11-14-22(21)20(26)3/h10-11,13-14,20H,4-9,12,15-19H2,1-3H3/t20-/m0/s1. The first kappa shape index (κ1) is 22.4. The van der Waals surface area contributed by atoms with E-state index in [1.165, 1.54) is 24.0 Å². The van der Waals surface area contributed by atoms with Crippen LogP contribution in [0.3, 0.4) is 0 Å². The Bertz CT molecular complexity index is 629. The van der Waals surface area contributed by atoms with Crippen molar-refractivity contribution in [2.24, 2.45) is 0 Å². The summed E-state index contributed by atoms with van der Waals surface area (Å²) in [5, 5.41) is 0. The van der Waals surface area contributed by atoms with Gasteiger partial charge in [-0.25, -0.2) is 0 Å². The summed E-state index contributed by atoms with van der Waals surface area (Å²) in [6.07, 6.45) is 9.02. The molecule has 1 aliphatic rings. The van der Waals surface area contributed by atoms with Gasteiger partial charge in [-0.15, -0.1) is 0 Å². The van der Waals surface area contributed by atoms with Gasteiger partial charge >= 0.3 is 0 Å². The molecule has 0 spiro atoms. The summed E-state index contributed by atoms with van der Waals surface area (Å²) < 4.78 is 0. The molecule has 0 aliphatic carbocycles. The van der Waals surface area contributed by atoms with Gasteiger partial charge in [-0.2, -0.15) is 0 Å². The Labute approximate surface area is 171 Å². The average molecular weight is 387 g/mol. The number of benzene rings is 1. The molecule has 2 amide bonds. The van der Waals surface area contributed by atoms with Crippen LogP contribution in [0.1, 0.15) is 89.3 Å². The minimum atomic E-state index is 0.0783. The SMILES string of the molecule is CCCCCCC(=O)N(CCCCC)CC(=O)N1CCc2ccccc2[C@@H]1C. The molecule has 0 saturated carbocycles. The molecule has 0 N–H and O–H groups in total. The van der Waals surface area contributed by atoms with Gasteiger partial charge in [0.25, 0.3) is 0 Å². The van der Waals surface area contributed by atoms with Crippen molar-refractivity contribution in [3.8, 4) is 0 Å². The lowest BCUT2D eigenvalue weighted by molar-refractivity contribution is -0.142. The molecule has 1 atom stereocenters. The van der Waals surface area contributed by atoms with Crippen molar-refractivity contribution in [2.75, 3.05) is 19.6 Å². The Morgan fingerprint density at radius 1 is 1.04 bits per heavy atom. The number of unbranched alkanes of at least 4 members (excludes halogenated alkanes) is 5. The van der Waals surface area contributed by atoms with E-state index in [2.05, 4.69) is 39.0 Å². The van der Waals surface area contributed by atoms with Gasteiger partial charge in [-0.1, -0.05) is 70.2 Å². The van der Waals surface area contributed by atoms with Gasteiger partial charge in [-0.05, 0) is 37.3 Å². The van der Waals surface area contributed by atoms with Crippen molar-refractivity contribution in [1.82, 2.24) is 9.80 Å². The van der Waals surface area contributed by atoms with Crippen LogP contribution in [-0.4, -0.2) is 41.2 Å². The Balaban J connectivity index is 1.97. The summed E-state index contributed by atoms with van der Waals surface area (Å²) >= 11 is 0. The molecule has 1 aromatic rings. The second kappa shape index (κ2) is 11.9. The zero-order valence-corrected chi connectivity index (χ0v) is 18.1. The Morgan fingerprint density at radius 3 is 2.50 bits per heavy atom. The highest BCUT2D eigenvalue weighted by Crippen LogP contribution is 2.29. The van der Waals surface area contributed by atoms with Gasteiger partial charge in [0, 0.05) is 19.5 Å². The van der Waals surface area contributed by atoms with Crippen LogP contribution >= 0.6 is 0 Å². The first-order valence-electron chi connectivity index (χ1n) is 11.2. The van der Waals surface area contributed by atoms with Crippen LogP contribution in [0.5, 0.6) is 0 Å². The molecule has 2 rings (SSSR count). The first-order valence-corrected chi connectivity index (χ1v) is 11.2. The minimum Gasteiger partial charge on any atom is -0.334 e. The fourth-order valence-corrected chi connectivity index (χ4v) is 4.07. The van der Waals surface area contributed by atoms with Crippen LogP contribution < -0.4 is 0 Å². The lowest BCUT2D eigenvalue weighted by Crippen LogP contribution is -2.46. The molecular formula is C24H38N2O2. The predicted molar refractivity (Wildman–Crippen MR) is 115 cm³/mol. The summed E-state index contributed by atoms with van der Waals surface area (Å²) in [4.78, 5) is 29.6. The first-order chi connectivity index (χ1) is 13.6. The lowest BCUT2D eigenvalue weighted by atomic mass is 9.93. The minimum absolute atomic E-state index is 0.0783. The molecule has 4 heteroatoms. The van der Waals surface area contributed by atoms with E-state index in [4.69, 9.17) is 0 Å². The van der Waals surface area contributed by atoms with Gasteiger partial charge in [0.05, 0.1) is 12.6 Å². The van der Waals surface area contributed by atoms with Gasteiger partial charge < -0.3 is 9.80 Å². The number of hydrogen-bond acceptors (Lipinski definition) is 2. The van der Waals surface area contributed by atoms with Crippen LogP contribution in [0.2, 0.25) is 0 Å². The largest absolute Gasteiger partial charge is 0.334 e. The zero-order chi connectivity index (χ0) is 20.4. The van der Waals surface area contributed by atoms with Gasteiger partial charge in [0.1, 0.15) is 0 Å². The van der Waals surface area contributed by atoms with Crippen molar-refractivity contribution in [3.05, 3.63) is 35.4 Å². The van der Waals surface area contributed by atoms with Gasteiger partial charge in [-0.3, -0.25) is 9.59 Å². The van der Waals surface area contributed by atoms with Gasteiger partial charge in [0.2, 0.25) is 11.8 Å². The molecule has 0 saturated heterocycles. The molecule has 156 valence electrons. The van der Waals surface area contributed by atoms with E-state index in [9.17, 15) is 9.59 Å². The summed E-state index contributed by atoms with van der Waals surface area (Å²) in [5.41, 5.74) is 2.58. The molecule has 1 aliphatic heterocycles. The molecule has 1 heterocycles. The summed E-state index contributed by atoms with van der Waals surface area (Å²) in [6, 6.07) is 8.47. The predicted octanol–water partition coefficient (Wildman–Crippen LogP) is 5.12. The number of carbonyl (C=O) groups is 2. The third-order valence-electron chi connectivity index (χ3n) is 5.87. The number of hydrogen-bond donors (Lipinski definition) is 0. The van der Waals surface area contributed by atoms with E-state index in [1.807, 2.05) is 15.9 Å². The number of carbonyl (C=O) groups excluding carboxylic acids is 2.